The largest absolute Gasteiger partial charge is 0.325 e. The SMILES string of the molecule is CC(C)S(=O)CCN1CC(N)C1. The number of nitrogens with two attached hydrogens (primary N) is 1. The minimum Gasteiger partial charge on any atom is -0.325 e. The number of likely N-dealkylation sites (tertiary alicyclic amines) is 1. The summed E-state index contributed by atoms with van der Waals surface area (Å²) in [7, 11) is -0.654. The number of rotatable bonds is 4. The lowest BCUT2D eigenvalue weighted by atomic mass is 10.1. The van der Waals surface area contributed by atoms with Crippen molar-refractivity contribution in [1.82, 2.24) is 4.90 Å². The Labute approximate surface area is 76.8 Å². The maximum atomic E-state index is 11.3. The molecule has 72 valence electrons. The van der Waals surface area contributed by atoms with E-state index in [0.29, 0.717) is 11.3 Å². The van der Waals surface area contributed by atoms with Crippen molar-refractivity contribution < 1.29 is 4.21 Å². The van der Waals surface area contributed by atoms with Crippen molar-refractivity contribution in [3.8, 4) is 0 Å². The van der Waals surface area contributed by atoms with E-state index in [0.717, 1.165) is 25.4 Å². The highest BCUT2D eigenvalue weighted by Gasteiger charge is 2.22. The summed E-state index contributed by atoms with van der Waals surface area (Å²) in [6, 6.07) is 0.359. The zero-order chi connectivity index (χ0) is 9.14. The first-order valence-corrected chi connectivity index (χ1v) is 5.83. The second-order valence-electron chi connectivity index (χ2n) is 3.65. The highest BCUT2D eigenvalue weighted by Crippen LogP contribution is 2.05. The molecule has 1 heterocycles. The monoisotopic (exact) mass is 190 g/mol. The lowest BCUT2D eigenvalue weighted by Gasteiger charge is -2.36. The highest BCUT2D eigenvalue weighted by molar-refractivity contribution is 7.85. The van der Waals surface area contributed by atoms with Gasteiger partial charge in [-0.15, -0.1) is 0 Å². The van der Waals surface area contributed by atoms with Crippen molar-refractivity contribution in [2.45, 2.75) is 25.1 Å². The van der Waals surface area contributed by atoms with Crippen LogP contribution in [0.2, 0.25) is 0 Å². The molecule has 2 N–H and O–H groups in total. The van der Waals surface area contributed by atoms with Gasteiger partial charge in [0.25, 0.3) is 0 Å². The second-order valence-corrected chi connectivity index (χ2v) is 5.77. The summed E-state index contributed by atoms with van der Waals surface area (Å²) in [5.74, 6) is 0.796. The summed E-state index contributed by atoms with van der Waals surface area (Å²) in [6.45, 7) is 6.90. The van der Waals surface area contributed by atoms with Gasteiger partial charge in [0.2, 0.25) is 0 Å². The van der Waals surface area contributed by atoms with Gasteiger partial charge < -0.3 is 5.73 Å². The van der Waals surface area contributed by atoms with Crippen LogP contribution in [0, 0.1) is 0 Å². The summed E-state index contributed by atoms with van der Waals surface area (Å²) in [5.41, 5.74) is 5.62. The lowest BCUT2D eigenvalue weighted by molar-refractivity contribution is 0.161. The molecule has 1 unspecified atom stereocenters. The van der Waals surface area contributed by atoms with Crippen LogP contribution >= 0.6 is 0 Å². The van der Waals surface area contributed by atoms with Gasteiger partial charge in [-0.1, -0.05) is 13.8 Å². The molecular weight excluding hydrogens is 172 g/mol. The predicted molar refractivity (Wildman–Crippen MR) is 52.6 cm³/mol. The molecule has 0 radical (unpaired) electrons. The third-order valence-electron chi connectivity index (χ3n) is 2.12. The molecule has 0 amide bonds. The van der Waals surface area contributed by atoms with E-state index in [9.17, 15) is 4.21 Å². The quantitative estimate of drug-likeness (QED) is 0.667. The molecule has 1 atom stereocenters. The molecule has 0 aliphatic carbocycles. The Balaban J connectivity index is 2.06. The zero-order valence-corrected chi connectivity index (χ0v) is 8.64. The van der Waals surface area contributed by atoms with Crippen LogP contribution in [-0.2, 0) is 10.8 Å². The van der Waals surface area contributed by atoms with E-state index < -0.39 is 10.8 Å². The molecule has 1 rings (SSSR count). The van der Waals surface area contributed by atoms with Crippen molar-refractivity contribution in [1.29, 1.82) is 0 Å². The van der Waals surface area contributed by atoms with E-state index in [2.05, 4.69) is 4.90 Å². The normalized spacial score (nSPS) is 22.7. The van der Waals surface area contributed by atoms with Crippen LogP contribution in [0.5, 0.6) is 0 Å². The third kappa shape index (κ3) is 2.84. The molecular formula is C8H18N2OS. The first kappa shape index (κ1) is 10.2. The maximum Gasteiger partial charge on any atom is 0.0365 e. The van der Waals surface area contributed by atoms with E-state index in [4.69, 9.17) is 5.73 Å². The first-order chi connectivity index (χ1) is 5.59. The van der Waals surface area contributed by atoms with Gasteiger partial charge in [0, 0.05) is 47.5 Å². The van der Waals surface area contributed by atoms with Gasteiger partial charge in [-0.05, 0) is 0 Å². The Morgan fingerprint density at radius 3 is 2.58 bits per heavy atom. The van der Waals surface area contributed by atoms with Gasteiger partial charge >= 0.3 is 0 Å². The molecule has 1 aliphatic heterocycles. The van der Waals surface area contributed by atoms with Crippen LogP contribution in [0.3, 0.4) is 0 Å². The molecule has 3 nitrogen and oxygen atoms in total. The Morgan fingerprint density at radius 1 is 1.58 bits per heavy atom. The van der Waals surface area contributed by atoms with Gasteiger partial charge in [-0.2, -0.15) is 0 Å². The van der Waals surface area contributed by atoms with Crippen LogP contribution in [-0.4, -0.2) is 45.8 Å². The van der Waals surface area contributed by atoms with Gasteiger partial charge in [-0.3, -0.25) is 9.11 Å². The van der Waals surface area contributed by atoms with Gasteiger partial charge in [0.1, 0.15) is 0 Å². The molecule has 12 heavy (non-hydrogen) atoms. The Hall–Kier alpha value is 0.0700. The summed E-state index contributed by atoms with van der Waals surface area (Å²) >= 11 is 0. The fraction of sp³-hybridized carbons (Fsp3) is 1.00. The van der Waals surface area contributed by atoms with E-state index in [1.165, 1.54) is 0 Å². The molecule has 0 bridgehead atoms. The molecule has 0 saturated carbocycles. The number of nitrogens with zero attached hydrogens (tertiary/aromatic N) is 1. The highest BCUT2D eigenvalue weighted by atomic mass is 32.2. The summed E-state index contributed by atoms with van der Waals surface area (Å²) < 4.78 is 11.3. The fourth-order valence-electron chi connectivity index (χ4n) is 1.25. The van der Waals surface area contributed by atoms with Crippen LogP contribution < -0.4 is 5.73 Å². The van der Waals surface area contributed by atoms with Crippen LogP contribution in [0.25, 0.3) is 0 Å². The predicted octanol–water partition coefficient (Wildman–Crippen LogP) is -0.214. The van der Waals surface area contributed by atoms with Crippen molar-refractivity contribution in [3.05, 3.63) is 0 Å². The molecule has 0 aromatic heterocycles. The number of hydrogen-bond acceptors (Lipinski definition) is 3. The first-order valence-electron chi connectivity index (χ1n) is 4.44. The van der Waals surface area contributed by atoms with Gasteiger partial charge in [-0.25, -0.2) is 0 Å². The van der Waals surface area contributed by atoms with Gasteiger partial charge in [0.05, 0.1) is 0 Å². The van der Waals surface area contributed by atoms with Crippen molar-refractivity contribution in [3.63, 3.8) is 0 Å². The topological polar surface area (TPSA) is 46.3 Å². The standard InChI is InChI=1S/C8H18N2OS/c1-7(2)12(11)4-3-10-5-8(9)6-10/h7-8H,3-6,9H2,1-2H3. The molecule has 1 saturated heterocycles. The Bertz CT molecular complexity index is 166. The average molecular weight is 190 g/mol. The fourth-order valence-corrected chi connectivity index (χ4v) is 2.16. The summed E-state index contributed by atoms with van der Waals surface area (Å²) in [4.78, 5) is 2.25. The molecule has 0 aromatic rings. The lowest BCUT2D eigenvalue weighted by Crippen LogP contribution is -2.56. The van der Waals surface area contributed by atoms with E-state index >= 15 is 0 Å². The minimum atomic E-state index is -0.654. The van der Waals surface area contributed by atoms with Crippen molar-refractivity contribution in [2.24, 2.45) is 5.73 Å². The van der Waals surface area contributed by atoms with E-state index in [1.807, 2.05) is 13.8 Å². The maximum absolute atomic E-state index is 11.3. The number of hydrogen-bond donors (Lipinski definition) is 1. The third-order valence-corrected chi connectivity index (χ3v) is 3.76. The minimum absolute atomic E-state index is 0.292. The summed E-state index contributed by atoms with van der Waals surface area (Å²) in [5, 5.41) is 0.292. The van der Waals surface area contributed by atoms with Gasteiger partial charge in [0.15, 0.2) is 0 Å². The van der Waals surface area contributed by atoms with Crippen molar-refractivity contribution in [2.75, 3.05) is 25.4 Å². The average Bonchev–Trinajstić information content (AvgIpc) is 1.95. The van der Waals surface area contributed by atoms with Crippen molar-refractivity contribution >= 4 is 10.8 Å². The van der Waals surface area contributed by atoms with Crippen LogP contribution in [0.15, 0.2) is 0 Å². The van der Waals surface area contributed by atoms with E-state index in [-0.39, 0.29) is 0 Å². The van der Waals surface area contributed by atoms with Crippen LogP contribution in [0.1, 0.15) is 13.8 Å². The zero-order valence-electron chi connectivity index (χ0n) is 7.82. The van der Waals surface area contributed by atoms with E-state index in [1.54, 1.807) is 0 Å². The Morgan fingerprint density at radius 2 is 2.17 bits per heavy atom. The molecule has 0 spiro atoms. The molecule has 1 aliphatic rings. The smallest absolute Gasteiger partial charge is 0.0365 e. The second kappa shape index (κ2) is 4.35. The molecule has 0 aromatic carbocycles. The summed E-state index contributed by atoms with van der Waals surface area (Å²) in [6.07, 6.45) is 0. The van der Waals surface area contributed by atoms with Crippen LogP contribution in [0.4, 0.5) is 0 Å². The molecule has 1 fully saturated rings. The molecule has 4 heteroatoms. The Kier molecular flexibility index (Phi) is 3.68.